The van der Waals surface area contributed by atoms with E-state index in [1.54, 1.807) is 0 Å². The largest absolute Gasteiger partial charge is 0.622 e. The predicted molar refractivity (Wildman–Crippen MR) is 92.6 cm³/mol. The van der Waals surface area contributed by atoms with Gasteiger partial charge in [0.25, 0.3) is 6.23 Å². The smallest absolute Gasteiger partial charge is 0.297 e. The molecule has 0 N–H and O–H groups in total. The van der Waals surface area contributed by atoms with Crippen molar-refractivity contribution in [2.45, 2.75) is 69.9 Å². The van der Waals surface area contributed by atoms with Crippen molar-refractivity contribution in [2.75, 3.05) is 6.61 Å². The second-order valence-corrected chi connectivity index (χ2v) is 7.82. The van der Waals surface area contributed by atoms with Gasteiger partial charge in [0.15, 0.2) is 23.9 Å². The van der Waals surface area contributed by atoms with Crippen LogP contribution in [-0.2, 0) is 23.7 Å². The van der Waals surface area contributed by atoms with Gasteiger partial charge in [-0.1, -0.05) is 18.2 Å². The Hall–Kier alpha value is -1.51. The summed E-state index contributed by atoms with van der Waals surface area (Å²) in [7, 11) is 0. The van der Waals surface area contributed by atoms with Crippen molar-refractivity contribution in [1.82, 2.24) is 0 Å². The average Bonchev–Trinajstić information content (AvgIpc) is 3.18. The molecule has 0 radical (unpaired) electrons. The van der Waals surface area contributed by atoms with E-state index < -0.39 is 36.1 Å². The normalized spacial score (nSPS) is 38.5. The third-order valence-electron chi connectivity index (χ3n) is 4.79. The van der Waals surface area contributed by atoms with E-state index in [1.807, 2.05) is 58.0 Å². The third kappa shape index (κ3) is 3.37. The van der Waals surface area contributed by atoms with Crippen molar-refractivity contribution < 1.29 is 28.4 Å². The Morgan fingerprint density at radius 1 is 0.962 bits per heavy atom. The summed E-state index contributed by atoms with van der Waals surface area (Å²) in [5.74, 6) is -1.46. The lowest BCUT2D eigenvalue weighted by Crippen LogP contribution is -2.40. The summed E-state index contributed by atoms with van der Waals surface area (Å²) in [4.78, 5) is 0. The van der Waals surface area contributed by atoms with Gasteiger partial charge in [-0.3, -0.25) is 0 Å². The Morgan fingerprint density at radius 3 is 2.31 bits per heavy atom. The molecule has 1 aromatic rings. The van der Waals surface area contributed by atoms with E-state index in [0.29, 0.717) is 6.61 Å². The lowest BCUT2D eigenvalue weighted by molar-refractivity contribution is -0.562. The minimum Gasteiger partial charge on any atom is -0.622 e. The zero-order chi connectivity index (χ0) is 18.5. The lowest BCUT2D eigenvalue weighted by atomic mass is 10.1. The summed E-state index contributed by atoms with van der Waals surface area (Å²) in [5, 5.41) is 12.8. The fourth-order valence-electron chi connectivity index (χ4n) is 3.75. The molecule has 3 heterocycles. The number of hydrogen-bond acceptors (Lipinski definition) is 6. The van der Waals surface area contributed by atoms with Gasteiger partial charge in [0.2, 0.25) is 0 Å². The molecule has 142 valence electrons. The fourth-order valence-corrected chi connectivity index (χ4v) is 3.75. The Balaban J connectivity index is 1.59. The molecule has 26 heavy (non-hydrogen) atoms. The van der Waals surface area contributed by atoms with Crippen LogP contribution in [0, 0.1) is 5.21 Å². The monoisotopic (exact) mass is 363 g/mol. The first-order valence-electron chi connectivity index (χ1n) is 8.92. The summed E-state index contributed by atoms with van der Waals surface area (Å²) in [6.07, 6.45) is -0.939. The Labute approximate surface area is 153 Å². The zero-order valence-electron chi connectivity index (χ0n) is 15.5. The Kier molecular flexibility index (Phi) is 4.32. The van der Waals surface area contributed by atoms with Gasteiger partial charge < -0.3 is 28.9 Å². The highest BCUT2D eigenvalue weighted by Crippen LogP contribution is 2.42. The zero-order valence-corrected chi connectivity index (χ0v) is 15.5. The van der Waals surface area contributed by atoms with E-state index in [0.717, 1.165) is 10.3 Å². The summed E-state index contributed by atoms with van der Waals surface area (Å²) < 4.78 is 30.5. The summed E-state index contributed by atoms with van der Waals surface area (Å²) in [6.45, 7) is 7.78. The van der Waals surface area contributed by atoms with E-state index in [-0.39, 0.29) is 6.10 Å². The molecule has 0 saturated carbocycles. The lowest BCUT2D eigenvalue weighted by Gasteiger charge is -2.26. The van der Waals surface area contributed by atoms with Crippen molar-refractivity contribution in [3.8, 4) is 0 Å². The van der Waals surface area contributed by atoms with Crippen molar-refractivity contribution in [1.29, 1.82) is 0 Å². The number of hydroxylamine groups is 1. The van der Waals surface area contributed by atoms with E-state index in [1.165, 1.54) is 6.21 Å². The SMILES string of the molecule is CC1(C)O[C@H]2[C@@H]([C@@H]3COC(C)(C)O3)O[C@H](/[N+]([O-])=C/c3ccccc3)[C@H]2O1. The second kappa shape index (κ2) is 6.28. The molecule has 0 bridgehead atoms. The van der Waals surface area contributed by atoms with Crippen LogP contribution in [0.1, 0.15) is 33.3 Å². The molecule has 0 spiro atoms. The van der Waals surface area contributed by atoms with Crippen LogP contribution >= 0.6 is 0 Å². The standard InChI is InChI=1S/C19H25NO6/c1-18(2)22-11-13(24-18)14-15-16(26-19(3,4)25-15)17(23-14)20(21)10-12-8-6-5-7-9-12/h5-10,13-17H,11H2,1-4H3/b20-10-/t13-,14+,15-,16-,17-/m0/s1. The van der Waals surface area contributed by atoms with Crippen LogP contribution < -0.4 is 0 Å². The number of fused-ring (bicyclic) bond motifs is 1. The number of nitrogens with zero attached hydrogens (tertiary/aromatic N) is 1. The van der Waals surface area contributed by atoms with Gasteiger partial charge in [0.05, 0.1) is 6.61 Å². The van der Waals surface area contributed by atoms with E-state index in [4.69, 9.17) is 23.7 Å². The van der Waals surface area contributed by atoms with Gasteiger partial charge in [-0.25, -0.2) is 0 Å². The molecule has 4 rings (SSSR count). The maximum absolute atomic E-state index is 12.8. The van der Waals surface area contributed by atoms with Crippen LogP contribution in [0.2, 0.25) is 0 Å². The molecule has 0 aromatic heterocycles. The van der Waals surface area contributed by atoms with Gasteiger partial charge in [-0.05, 0) is 39.8 Å². The van der Waals surface area contributed by atoms with Gasteiger partial charge in [0, 0.05) is 5.56 Å². The van der Waals surface area contributed by atoms with Crippen LogP contribution in [0.25, 0.3) is 0 Å². The minimum absolute atomic E-state index is 0.315. The first-order valence-corrected chi connectivity index (χ1v) is 8.92. The van der Waals surface area contributed by atoms with E-state index in [2.05, 4.69) is 0 Å². The Morgan fingerprint density at radius 2 is 1.65 bits per heavy atom. The van der Waals surface area contributed by atoms with Crippen LogP contribution in [0.3, 0.4) is 0 Å². The topological polar surface area (TPSA) is 72.2 Å². The highest BCUT2D eigenvalue weighted by atomic mass is 16.8. The molecule has 1 aromatic carbocycles. The van der Waals surface area contributed by atoms with Crippen molar-refractivity contribution in [3.05, 3.63) is 41.1 Å². The van der Waals surface area contributed by atoms with E-state index in [9.17, 15) is 5.21 Å². The van der Waals surface area contributed by atoms with Crippen molar-refractivity contribution in [3.63, 3.8) is 0 Å². The predicted octanol–water partition coefficient (Wildman–Crippen LogP) is 2.01. The van der Waals surface area contributed by atoms with Crippen LogP contribution in [0.4, 0.5) is 0 Å². The van der Waals surface area contributed by atoms with Gasteiger partial charge in [-0.2, -0.15) is 4.74 Å². The molecule has 3 fully saturated rings. The minimum atomic E-state index is -0.806. The molecule has 5 atom stereocenters. The average molecular weight is 363 g/mol. The maximum Gasteiger partial charge on any atom is 0.297 e. The highest BCUT2D eigenvalue weighted by molar-refractivity contribution is 5.75. The second-order valence-electron chi connectivity index (χ2n) is 7.82. The fraction of sp³-hybridized carbons (Fsp3) is 0.632. The number of benzene rings is 1. The first kappa shape index (κ1) is 17.9. The van der Waals surface area contributed by atoms with Crippen molar-refractivity contribution >= 4 is 6.21 Å². The van der Waals surface area contributed by atoms with E-state index >= 15 is 0 Å². The molecule has 7 nitrogen and oxygen atoms in total. The number of hydrogen-bond donors (Lipinski definition) is 0. The molecule has 0 unspecified atom stereocenters. The quantitative estimate of drug-likeness (QED) is 0.354. The molecular formula is C19H25NO6. The molecular weight excluding hydrogens is 338 g/mol. The molecule has 3 aliphatic heterocycles. The third-order valence-corrected chi connectivity index (χ3v) is 4.79. The molecule has 7 heteroatoms. The molecule has 0 aliphatic carbocycles. The molecule has 0 amide bonds. The summed E-state index contributed by atoms with van der Waals surface area (Å²) in [5.41, 5.74) is 0.797. The first-order chi connectivity index (χ1) is 12.2. The Bertz CT molecular complexity index is 689. The number of rotatable bonds is 3. The highest BCUT2D eigenvalue weighted by Gasteiger charge is 2.62. The van der Waals surface area contributed by atoms with Gasteiger partial charge in [-0.15, -0.1) is 0 Å². The maximum atomic E-state index is 12.8. The molecule has 3 aliphatic rings. The van der Waals surface area contributed by atoms with Gasteiger partial charge in [0.1, 0.15) is 18.3 Å². The van der Waals surface area contributed by atoms with Crippen LogP contribution in [0.5, 0.6) is 0 Å². The van der Waals surface area contributed by atoms with Crippen LogP contribution in [0.15, 0.2) is 30.3 Å². The molecule has 3 saturated heterocycles. The summed E-state index contributed by atoms with van der Waals surface area (Å²) >= 11 is 0. The summed E-state index contributed by atoms with van der Waals surface area (Å²) in [6, 6.07) is 9.39. The van der Waals surface area contributed by atoms with Crippen LogP contribution in [-0.4, -0.2) is 59.8 Å². The van der Waals surface area contributed by atoms with Crippen molar-refractivity contribution in [2.24, 2.45) is 0 Å². The number of ether oxygens (including phenoxy) is 5. The van der Waals surface area contributed by atoms with Gasteiger partial charge >= 0.3 is 0 Å².